The van der Waals surface area contributed by atoms with Crippen molar-refractivity contribution in [3.63, 3.8) is 0 Å². The molecule has 3 amide bonds. The lowest BCUT2D eigenvalue weighted by Crippen LogP contribution is -2.33. The molecule has 0 spiro atoms. The molecule has 1 aliphatic carbocycles. The highest BCUT2D eigenvalue weighted by Crippen LogP contribution is 2.26. The van der Waals surface area contributed by atoms with Crippen molar-refractivity contribution >= 4 is 35.6 Å². The number of piperidine rings is 1. The minimum Gasteiger partial charge on any atom is -0.354 e. The number of amides is 3. The highest BCUT2D eigenvalue weighted by Gasteiger charge is 2.26. The molecular formula is C19H25N9O2. The van der Waals surface area contributed by atoms with E-state index in [4.69, 9.17) is 0 Å². The Morgan fingerprint density at radius 1 is 1.17 bits per heavy atom. The summed E-state index contributed by atoms with van der Waals surface area (Å²) >= 11 is 0. The molecule has 1 saturated carbocycles. The summed E-state index contributed by atoms with van der Waals surface area (Å²) in [6.45, 7) is 3.03. The van der Waals surface area contributed by atoms with Gasteiger partial charge in [0.2, 0.25) is 11.9 Å². The van der Waals surface area contributed by atoms with Crippen LogP contribution in [0.15, 0.2) is 11.9 Å². The quantitative estimate of drug-likeness (QED) is 0.403. The van der Waals surface area contributed by atoms with Crippen LogP contribution >= 0.6 is 0 Å². The van der Waals surface area contributed by atoms with Gasteiger partial charge in [-0.15, -0.1) is 0 Å². The summed E-state index contributed by atoms with van der Waals surface area (Å²) < 4.78 is 1.64. The van der Waals surface area contributed by atoms with Crippen molar-refractivity contribution in [2.24, 2.45) is 5.92 Å². The van der Waals surface area contributed by atoms with Gasteiger partial charge in [0.1, 0.15) is 5.70 Å². The van der Waals surface area contributed by atoms with Gasteiger partial charge in [-0.1, -0.05) is 0 Å². The van der Waals surface area contributed by atoms with Crippen LogP contribution in [0.1, 0.15) is 31.2 Å². The number of hydrogen-bond acceptors (Lipinski definition) is 8. The van der Waals surface area contributed by atoms with E-state index in [0.717, 1.165) is 45.3 Å². The average Bonchev–Trinajstić information content (AvgIpc) is 3.36. The first-order valence-corrected chi connectivity index (χ1v) is 10.3. The predicted octanol–water partition coefficient (Wildman–Crippen LogP) is 0.633. The standard InChI is InChI=1S/C19H25N9O2/c1-27-6-4-11(5-7-27)9-20-17-24-15-12(8-14-16(29)25-19(30)23-14)10-21-28(15)18(26-17)22-13-2-3-13/h8,10-11,13H,2-7,9H2,1H3,(H2,20,22,24,26)(H2,23,25,29,30)/b14-8-. The topological polar surface area (TPSA) is 129 Å². The zero-order valence-corrected chi connectivity index (χ0v) is 16.8. The zero-order valence-electron chi connectivity index (χ0n) is 16.8. The fraction of sp³-hybridized carbons (Fsp3) is 0.526. The number of fused-ring (bicyclic) bond motifs is 1. The molecule has 30 heavy (non-hydrogen) atoms. The van der Waals surface area contributed by atoms with Crippen LogP contribution in [0.25, 0.3) is 11.7 Å². The lowest BCUT2D eigenvalue weighted by Gasteiger charge is -2.28. The van der Waals surface area contributed by atoms with Gasteiger partial charge in [0.25, 0.3) is 5.91 Å². The number of imide groups is 1. The SMILES string of the molecule is CN1CCC(CNc2nc(NC3CC3)n3ncc(/C=C4\NC(=O)NC4=O)c3n2)CC1. The first kappa shape index (κ1) is 18.8. The van der Waals surface area contributed by atoms with E-state index in [2.05, 4.69) is 48.3 Å². The normalized spacial score (nSPS) is 21.8. The van der Waals surface area contributed by atoms with Crippen LogP contribution < -0.4 is 21.3 Å². The Morgan fingerprint density at radius 2 is 1.97 bits per heavy atom. The molecule has 0 bridgehead atoms. The van der Waals surface area contributed by atoms with Gasteiger partial charge in [-0.25, -0.2) is 4.79 Å². The largest absolute Gasteiger partial charge is 0.354 e. The predicted molar refractivity (Wildman–Crippen MR) is 111 cm³/mol. The van der Waals surface area contributed by atoms with E-state index in [9.17, 15) is 9.59 Å². The van der Waals surface area contributed by atoms with Gasteiger partial charge >= 0.3 is 6.03 Å². The molecule has 0 atom stereocenters. The summed E-state index contributed by atoms with van der Waals surface area (Å²) in [5.41, 5.74) is 1.37. The Morgan fingerprint density at radius 3 is 2.67 bits per heavy atom. The second kappa shape index (κ2) is 7.56. The molecule has 0 unspecified atom stereocenters. The number of likely N-dealkylation sites (tertiary alicyclic amines) is 1. The van der Waals surface area contributed by atoms with Crippen molar-refractivity contribution in [1.82, 2.24) is 35.1 Å². The molecule has 2 aromatic heterocycles. The van der Waals surface area contributed by atoms with Crippen LogP contribution in [0.4, 0.5) is 16.7 Å². The van der Waals surface area contributed by atoms with Gasteiger partial charge in [0.15, 0.2) is 5.65 Å². The first-order chi connectivity index (χ1) is 14.5. The van der Waals surface area contributed by atoms with Crippen LogP contribution in [0.2, 0.25) is 0 Å². The maximum atomic E-state index is 11.9. The van der Waals surface area contributed by atoms with E-state index in [1.807, 2.05) is 0 Å². The lowest BCUT2D eigenvalue weighted by atomic mass is 9.97. The molecule has 2 aromatic rings. The van der Waals surface area contributed by atoms with Gasteiger partial charge in [-0.3, -0.25) is 10.1 Å². The van der Waals surface area contributed by atoms with E-state index >= 15 is 0 Å². The monoisotopic (exact) mass is 411 g/mol. The minimum absolute atomic E-state index is 0.172. The number of nitrogens with zero attached hydrogens (tertiary/aromatic N) is 5. The van der Waals surface area contributed by atoms with E-state index < -0.39 is 11.9 Å². The number of hydrogen-bond donors (Lipinski definition) is 4. The fourth-order valence-corrected chi connectivity index (χ4v) is 3.72. The third-order valence-electron chi connectivity index (χ3n) is 5.71. The summed E-state index contributed by atoms with van der Waals surface area (Å²) in [4.78, 5) is 34.9. The Kier molecular flexibility index (Phi) is 4.74. The number of anilines is 2. The fourth-order valence-electron chi connectivity index (χ4n) is 3.72. The third-order valence-corrected chi connectivity index (χ3v) is 5.71. The second-order valence-corrected chi connectivity index (χ2v) is 8.22. The molecule has 2 aliphatic heterocycles. The number of carbonyl (C=O) groups is 2. The van der Waals surface area contributed by atoms with E-state index in [1.165, 1.54) is 0 Å². The zero-order chi connectivity index (χ0) is 20.7. The van der Waals surface area contributed by atoms with Crippen molar-refractivity contribution in [3.05, 3.63) is 17.5 Å². The smallest absolute Gasteiger partial charge is 0.326 e. The van der Waals surface area contributed by atoms with Crippen LogP contribution in [0.5, 0.6) is 0 Å². The highest BCUT2D eigenvalue weighted by molar-refractivity contribution is 6.14. The molecule has 5 rings (SSSR count). The Hall–Kier alpha value is -3.21. The van der Waals surface area contributed by atoms with Gasteiger partial charge in [0.05, 0.1) is 6.20 Å². The molecule has 11 heteroatoms. The van der Waals surface area contributed by atoms with Crippen molar-refractivity contribution < 1.29 is 9.59 Å². The van der Waals surface area contributed by atoms with Crippen LogP contribution in [-0.2, 0) is 4.79 Å². The Balaban J connectivity index is 1.43. The molecule has 2 saturated heterocycles. The molecule has 0 radical (unpaired) electrons. The van der Waals surface area contributed by atoms with E-state index in [-0.39, 0.29) is 5.70 Å². The number of carbonyl (C=O) groups excluding carboxylic acids is 2. The summed E-state index contributed by atoms with van der Waals surface area (Å²) in [6, 6.07) is -0.135. The minimum atomic E-state index is -0.533. The van der Waals surface area contributed by atoms with Crippen molar-refractivity contribution in [2.75, 3.05) is 37.3 Å². The maximum absolute atomic E-state index is 11.9. The number of aromatic nitrogens is 4. The van der Waals surface area contributed by atoms with E-state index in [0.29, 0.717) is 35.1 Å². The van der Waals surface area contributed by atoms with Gasteiger partial charge in [-0.2, -0.15) is 19.6 Å². The number of nitrogens with one attached hydrogen (secondary N) is 4. The molecule has 11 nitrogen and oxygen atoms in total. The third kappa shape index (κ3) is 3.92. The van der Waals surface area contributed by atoms with Crippen LogP contribution in [0, 0.1) is 5.92 Å². The average molecular weight is 411 g/mol. The van der Waals surface area contributed by atoms with Crippen molar-refractivity contribution in [2.45, 2.75) is 31.7 Å². The van der Waals surface area contributed by atoms with Gasteiger partial charge < -0.3 is 20.9 Å². The summed E-state index contributed by atoms with van der Waals surface area (Å²) in [6.07, 6.45) is 7.71. The molecule has 4 heterocycles. The Labute approximate surface area is 173 Å². The van der Waals surface area contributed by atoms with Crippen LogP contribution in [-0.4, -0.2) is 69.1 Å². The lowest BCUT2D eigenvalue weighted by molar-refractivity contribution is -0.115. The maximum Gasteiger partial charge on any atom is 0.326 e. The second-order valence-electron chi connectivity index (χ2n) is 8.22. The highest BCUT2D eigenvalue weighted by atomic mass is 16.2. The molecule has 0 aromatic carbocycles. The molecule has 3 aliphatic rings. The van der Waals surface area contributed by atoms with Gasteiger partial charge in [-0.05, 0) is 57.8 Å². The molecular weight excluding hydrogens is 386 g/mol. The molecule has 3 fully saturated rings. The number of rotatable bonds is 6. The van der Waals surface area contributed by atoms with Crippen LogP contribution in [0.3, 0.4) is 0 Å². The molecule has 4 N–H and O–H groups in total. The van der Waals surface area contributed by atoms with E-state index in [1.54, 1.807) is 16.8 Å². The Bertz CT molecular complexity index is 1020. The summed E-state index contributed by atoms with van der Waals surface area (Å²) in [5, 5.41) is 15.9. The van der Waals surface area contributed by atoms with Gasteiger partial charge in [0, 0.05) is 18.2 Å². The van der Waals surface area contributed by atoms with Crippen molar-refractivity contribution in [1.29, 1.82) is 0 Å². The first-order valence-electron chi connectivity index (χ1n) is 10.3. The van der Waals surface area contributed by atoms with Crippen molar-refractivity contribution in [3.8, 4) is 0 Å². The summed E-state index contributed by atoms with van der Waals surface area (Å²) in [7, 11) is 2.15. The summed E-state index contributed by atoms with van der Waals surface area (Å²) in [5.74, 6) is 1.28. The number of urea groups is 1. The molecule has 158 valence electrons.